The summed E-state index contributed by atoms with van der Waals surface area (Å²) >= 11 is 13.2. The van der Waals surface area contributed by atoms with E-state index in [2.05, 4.69) is 16.2 Å². The maximum Gasteiger partial charge on any atom is 0.269 e. The van der Waals surface area contributed by atoms with E-state index in [9.17, 15) is 14.4 Å². The third-order valence-corrected chi connectivity index (χ3v) is 5.07. The van der Waals surface area contributed by atoms with Crippen molar-refractivity contribution in [2.45, 2.75) is 0 Å². The van der Waals surface area contributed by atoms with Crippen molar-refractivity contribution in [3.8, 4) is 0 Å². The van der Waals surface area contributed by atoms with Gasteiger partial charge in [-0.05, 0) is 53.9 Å². The topological polar surface area (TPSA) is 87.3 Å². The van der Waals surface area contributed by atoms with Crippen LogP contribution in [0.5, 0.6) is 0 Å². The van der Waals surface area contributed by atoms with Crippen molar-refractivity contribution in [1.82, 2.24) is 10.9 Å². The molecule has 0 aliphatic rings. The summed E-state index contributed by atoms with van der Waals surface area (Å²) in [6.45, 7) is 0. The Balaban J connectivity index is 1.66. The highest BCUT2D eigenvalue weighted by Crippen LogP contribution is 2.24. The maximum atomic E-state index is 12.3. The zero-order valence-corrected chi connectivity index (χ0v) is 16.5. The molecule has 0 bridgehead atoms. The minimum Gasteiger partial charge on any atom is -0.320 e. The number of anilines is 1. The van der Waals surface area contributed by atoms with Gasteiger partial charge in [-0.25, -0.2) is 0 Å². The van der Waals surface area contributed by atoms with E-state index in [-0.39, 0.29) is 22.2 Å². The number of hydrazine groups is 1. The van der Waals surface area contributed by atoms with E-state index in [4.69, 9.17) is 23.2 Å². The van der Waals surface area contributed by atoms with Crippen LogP contribution in [-0.2, 0) is 0 Å². The lowest BCUT2D eigenvalue weighted by Crippen LogP contribution is -2.41. The molecule has 0 unspecified atom stereocenters. The maximum absolute atomic E-state index is 12.3. The minimum absolute atomic E-state index is 0.210. The molecule has 1 heterocycles. The van der Waals surface area contributed by atoms with Gasteiger partial charge in [-0.1, -0.05) is 29.3 Å². The number of rotatable bonds is 4. The van der Waals surface area contributed by atoms with Gasteiger partial charge in [0.2, 0.25) is 0 Å². The van der Waals surface area contributed by atoms with E-state index >= 15 is 0 Å². The van der Waals surface area contributed by atoms with Gasteiger partial charge >= 0.3 is 0 Å². The number of benzene rings is 2. The highest BCUT2D eigenvalue weighted by molar-refractivity contribution is 7.12. The van der Waals surface area contributed by atoms with Crippen molar-refractivity contribution in [3.63, 3.8) is 0 Å². The predicted octanol–water partition coefficient (Wildman–Crippen LogP) is 4.38. The summed E-state index contributed by atoms with van der Waals surface area (Å²) in [7, 11) is 0. The van der Waals surface area contributed by atoms with Gasteiger partial charge in [0.15, 0.2) is 0 Å². The molecule has 142 valence electrons. The molecule has 0 aliphatic heterocycles. The molecule has 3 aromatic rings. The molecule has 9 heteroatoms. The van der Waals surface area contributed by atoms with Crippen LogP contribution >= 0.6 is 34.5 Å². The molecule has 0 fully saturated rings. The number of halogens is 2. The first-order chi connectivity index (χ1) is 13.4. The van der Waals surface area contributed by atoms with E-state index < -0.39 is 11.8 Å². The summed E-state index contributed by atoms with van der Waals surface area (Å²) in [6.07, 6.45) is 0. The van der Waals surface area contributed by atoms with Crippen LogP contribution in [0.3, 0.4) is 0 Å². The van der Waals surface area contributed by atoms with Crippen LogP contribution < -0.4 is 16.2 Å². The van der Waals surface area contributed by atoms with E-state index in [1.165, 1.54) is 41.7 Å². The van der Waals surface area contributed by atoms with Gasteiger partial charge in [-0.15, -0.1) is 11.3 Å². The number of hydrogen-bond donors (Lipinski definition) is 3. The molecule has 0 radical (unpaired) electrons. The van der Waals surface area contributed by atoms with Gasteiger partial charge in [-0.2, -0.15) is 0 Å². The van der Waals surface area contributed by atoms with Crippen molar-refractivity contribution >= 4 is 57.9 Å². The molecule has 2 aromatic carbocycles. The van der Waals surface area contributed by atoms with Crippen LogP contribution in [-0.4, -0.2) is 17.7 Å². The Bertz CT molecular complexity index is 1020. The average molecular weight is 434 g/mol. The Labute approximate surface area is 174 Å². The molecule has 3 rings (SSSR count). The number of thiophene rings is 1. The van der Waals surface area contributed by atoms with E-state index in [0.717, 1.165) is 0 Å². The number of carbonyl (C=O) groups is 3. The van der Waals surface area contributed by atoms with Gasteiger partial charge in [0.25, 0.3) is 17.7 Å². The quantitative estimate of drug-likeness (QED) is 0.533. The highest BCUT2D eigenvalue weighted by Gasteiger charge is 2.14. The molecule has 1 aromatic heterocycles. The van der Waals surface area contributed by atoms with Gasteiger partial charge in [0.05, 0.1) is 15.6 Å². The Morgan fingerprint density at radius 2 is 1.43 bits per heavy atom. The second-order valence-corrected chi connectivity index (χ2v) is 7.33. The van der Waals surface area contributed by atoms with Crippen LogP contribution in [0.2, 0.25) is 10.0 Å². The molecule has 0 aliphatic carbocycles. The summed E-state index contributed by atoms with van der Waals surface area (Å²) in [4.78, 5) is 37.0. The molecule has 28 heavy (non-hydrogen) atoms. The summed E-state index contributed by atoms with van der Waals surface area (Å²) in [5, 5.41) is 5.23. The zero-order valence-electron chi connectivity index (χ0n) is 14.2. The second kappa shape index (κ2) is 8.88. The van der Waals surface area contributed by atoms with Crippen molar-refractivity contribution in [2.75, 3.05) is 5.32 Å². The Kier molecular flexibility index (Phi) is 6.30. The van der Waals surface area contributed by atoms with Crippen LogP contribution in [0.25, 0.3) is 0 Å². The summed E-state index contributed by atoms with van der Waals surface area (Å²) in [5.41, 5.74) is 5.46. The zero-order chi connectivity index (χ0) is 20.1. The van der Waals surface area contributed by atoms with Crippen molar-refractivity contribution < 1.29 is 14.4 Å². The van der Waals surface area contributed by atoms with Crippen molar-refractivity contribution in [2.24, 2.45) is 0 Å². The molecule has 0 spiro atoms. The smallest absolute Gasteiger partial charge is 0.269 e. The van der Waals surface area contributed by atoms with Gasteiger partial charge in [0, 0.05) is 16.1 Å². The number of hydrogen-bond acceptors (Lipinski definition) is 4. The minimum atomic E-state index is -0.564. The summed E-state index contributed by atoms with van der Waals surface area (Å²) in [5.74, 6) is -1.39. The largest absolute Gasteiger partial charge is 0.320 e. The molecular weight excluding hydrogens is 421 g/mol. The Morgan fingerprint density at radius 1 is 0.786 bits per heavy atom. The van der Waals surface area contributed by atoms with Crippen LogP contribution in [0.4, 0.5) is 5.69 Å². The van der Waals surface area contributed by atoms with E-state index in [0.29, 0.717) is 15.5 Å². The fourth-order valence-electron chi connectivity index (χ4n) is 2.21. The molecular formula is C19H13Cl2N3O3S. The first-order valence-corrected chi connectivity index (χ1v) is 9.58. The third kappa shape index (κ3) is 4.89. The number of amides is 3. The lowest BCUT2D eigenvalue weighted by molar-refractivity contribution is 0.0846. The second-order valence-electron chi connectivity index (χ2n) is 5.54. The normalized spacial score (nSPS) is 10.2. The summed E-state index contributed by atoms with van der Waals surface area (Å²) < 4.78 is 0. The third-order valence-electron chi connectivity index (χ3n) is 3.62. The molecule has 0 atom stereocenters. The Hall–Kier alpha value is -2.87. The van der Waals surface area contributed by atoms with E-state index in [1.807, 2.05) is 0 Å². The van der Waals surface area contributed by atoms with Gasteiger partial charge in [0.1, 0.15) is 0 Å². The fourth-order valence-corrected chi connectivity index (χ4v) is 3.12. The summed E-state index contributed by atoms with van der Waals surface area (Å²) in [6, 6.07) is 14.0. The number of carbonyl (C=O) groups excluding carboxylic acids is 3. The first kappa shape index (κ1) is 19.9. The molecule has 0 saturated heterocycles. The fraction of sp³-hybridized carbons (Fsp3) is 0. The van der Waals surface area contributed by atoms with Crippen LogP contribution in [0, 0.1) is 0 Å². The lowest BCUT2D eigenvalue weighted by Gasteiger charge is -2.10. The number of nitrogens with one attached hydrogen (secondary N) is 3. The van der Waals surface area contributed by atoms with Crippen LogP contribution in [0.15, 0.2) is 60.0 Å². The average Bonchev–Trinajstić information content (AvgIpc) is 3.23. The Morgan fingerprint density at radius 3 is 2.07 bits per heavy atom. The highest BCUT2D eigenvalue weighted by atomic mass is 35.5. The lowest BCUT2D eigenvalue weighted by atomic mass is 10.2. The van der Waals surface area contributed by atoms with Gasteiger partial charge < -0.3 is 5.32 Å². The van der Waals surface area contributed by atoms with Crippen molar-refractivity contribution in [1.29, 1.82) is 0 Å². The van der Waals surface area contributed by atoms with E-state index in [1.54, 1.807) is 29.6 Å². The van der Waals surface area contributed by atoms with Crippen molar-refractivity contribution in [3.05, 3.63) is 86.0 Å². The standard InChI is InChI=1S/C19H13Cl2N3O3S/c20-13-6-3-11(4-7-13)17(25)23-24-18(26)12-5-8-14(21)15(10-12)22-19(27)16-2-1-9-28-16/h1-10H,(H,22,27)(H,23,25)(H,24,26). The molecule has 6 nitrogen and oxygen atoms in total. The SMILES string of the molecule is O=C(NNC(=O)c1ccc(Cl)c(NC(=O)c2cccs2)c1)c1ccc(Cl)cc1. The molecule has 0 saturated carbocycles. The van der Waals surface area contributed by atoms with Crippen LogP contribution in [0.1, 0.15) is 30.4 Å². The van der Waals surface area contributed by atoms with Gasteiger partial charge in [-0.3, -0.25) is 25.2 Å². The molecule has 3 amide bonds. The monoisotopic (exact) mass is 433 g/mol. The predicted molar refractivity (Wildman–Crippen MR) is 110 cm³/mol. The molecule has 3 N–H and O–H groups in total. The first-order valence-electron chi connectivity index (χ1n) is 7.94.